The lowest BCUT2D eigenvalue weighted by atomic mass is 9.96. The van der Waals surface area contributed by atoms with Crippen molar-refractivity contribution >= 4 is 5.97 Å². The number of carbonyl (C=O) groups is 1. The van der Waals surface area contributed by atoms with Crippen LogP contribution in [0.2, 0.25) is 0 Å². The van der Waals surface area contributed by atoms with Gasteiger partial charge >= 0.3 is 5.97 Å². The molecular weight excluding hydrogens is 206 g/mol. The van der Waals surface area contributed by atoms with Crippen LogP contribution in [0.3, 0.4) is 0 Å². The third kappa shape index (κ3) is 2.65. The first-order valence-electron chi connectivity index (χ1n) is 4.31. The topological polar surface area (TPSA) is 57.5 Å². The number of carboxylic acid groups (broad SMARTS) is 1. The second-order valence-corrected chi connectivity index (χ2v) is 3.32. The predicted molar refractivity (Wildman–Crippen MR) is 48.7 cm³/mol. The summed E-state index contributed by atoms with van der Waals surface area (Å²) in [5.74, 6) is -4.28. The molecule has 0 amide bonds. The monoisotopic (exact) mass is 216 g/mol. The molecule has 5 heteroatoms. The van der Waals surface area contributed by atoms with E-state index in [9.17, 15) is 13.6 Å². The van der Waals surface area contributed by atoms with Crippen LogP contribution in [0.15, 0.2) is 12.1 Å². The van der Waals surface area contributed by atoms with Crippen LogP contribution in [0, 0.1) is 11.6 Å². The molecule has 82 valence electrons. The molecule has 0 fully saturated rings. The molecule has 1 aromatic carbocycles. The van der Waals surface area contributed by atoms with Crippen LogP contribution < -0.4 is 0 Å². The van der Waals surface area contributed by atoms with Crippen LogP contribution in [0.1, 0.15) is 24.8 Å². The van der Waals surface area contributed by atoms with E-state index in [2.05, 4.69) is 0 Å². The predicted octanol–water partition coefficient (Wildman–Crippen LogP) is 2.25. The molecule has 1 unspecified atom stereocenters. The van der Waals surface area contributed by atoms with Gasteiger partial charge in [0.15, 0.2) is 0 Å². The Hall–Kier alpha value is -1.65. The summed E-state index contributed by atoms with van der Waals surface area (Å²) in [6.07, 6.45) is -0.362. The summed E-state index contributed by atoms with van der Waals surface area (Å²) in [5, 5.41) is 17.4. The molecule has 0 saturated heterocycles. The van der Waals surface area contributed by atoms with E-state index in [-0.39, 0.29) is 12.0 Å². The number of aromatic hydroxyl groups is 1. The van der Waals surface area contributed by atoms with E-state index in [0.717, 1.165) is 12.1 Å². The van der Waals surface area contributed by atoms with Gasteiger partial charge in [0.25, 0.3) is 0 Å². The number of halogens is 2. The van der Waals surface area contributed by atoms with Crippen LogP contribution in [0.25, 0.3) is 0 Å². The Morgan fingerprint density at radius 1 is 1.40 bits per heavy atom. The number of phenols is 1. The Labute approximate surface area is 85.0 Å². The quantitative estimate of drug-likeness (QED) is 0.814. The lowest BCUT2D eigenvalue weighted by molar-refractivity contribution is -0.137. The van der Waals surface area contributed by atoms with Crippen LogP contribution in [-0.2, 0) is 4.79 Å². The van der Waals surface area contributed by atoms with Crippen molar-refractivity contribution in [3.05, 3.63) is 29.3 Å². The van der Waals surface area contributed by atoms with Crippen molar-refractivity contribution in [3.8, 4) is 5.75 Å². The van der Waals surface area contributed by atoms with E-state index < -0.39 is 29.3 Å². The summed E-state index contributed by atoms with van der Waals surface area (Å²) in [5.41, 5.74) is -0.310. The van der Waals surface area contributed by atoms with Gasteiger partial charge in [-0.15, -0.1) is 0 Å². The number of rotatable bonds is 3. The molecule has 15 heavy (non-hydrogen) atoms. The molecule has 0 aliphatic heterocycles. The molecule has 0 spiro atoms. The molecule has 0 aliphatic carbocycles. The molecule has 0 aromatic heterocycles. The zero-order chi connectivity index (χ0) is 11.6. The Morgan fingerprint density at radius 2 is 1.87 bits per heavy atom. The molecule has 0 bridgehead atoms. The number of carboxylic acids is 1. The molecule has 3 nitrogen and oxygen atoms in total. The lowest BCUT2D eigenvalue weighted by Gasteiger charge is -2.11. The molecule has 0 radical (unpaired) electrons. The SMILES string of the molecule is CC(CC(=O)O)c1c(F)cc(O)cc1F. The zero-order valence-corrected chi connectivity index (χ0v) is 8.00. The second-order valence-electron chi connectivity index (χ2n) is 3.32. The van der Waals surface area contributed by atoms with Gasteiger partial charge in [-0.05, 0) is 5.92 Å². The Balaban J connectivity index is 3.08. The molecular formula is C10H10F2O3. The Kier molecular flexibility index (Phi) is 3.24. The minimum atomic E-state index is -1.13. The van der Waals surface area contributed by atoms with Gasteiger partial charge in [-0.2, -0.15) is 0 Å². The molecule has 1 rings (SSSR count). The number of hydrogen-bond donors (Lipinski definition) is 2. The fourth-order valence-electron chi connectivity index (χ4n) is 1.41. The molecule has 0 saturated carbocycles. The number of phenolic OH excluding ortho intramolecular Hbond substituents is 1. The van der Waals surface area contributed by atoms with Gasteiger partial charge in [-0.1, -0.05) is 6.92 Å². The third-order valence-corrected chi connectivity index (χ3v) is 2.04. The molecule has 1 aromatic rings. The number of hydrogen-bond acceptors (Lipinski definition) is 2. The normalized spacial score (nSPS) is 12.5. The van der Waals surface area contributed by atoms with Gasteiger partial charge < -0.3 is 10.2 Å². The summed E-state index contributed by atoms with van der Waals surface area (Å²) in [6.45, 7) is 1.41. The standard InChI is InChI=1S/C10H10F2O3/c1-5(2-9(14)15)10-7(11)3-6(13)4-8(10)12/h3-5,13H,2H2,1H3,(H,14,15). The van der Waals surface area contributed by atoms with E-state index >= 15 is 0 Å². The summed E-state index contributed by atoms with van der Waals surface area (Å²) in [4.78, 5) is 10.4. The summed E-state index contributed by atoms with van der Waals surface area (Å²) >= 11 is 0. The minimum Gasteiger partial charge on any atom is -0.508 e. The first kappa shape index (κ1) is 11.4. The van der Waals surface area contributed by atoms with Crippen LogP contribution in [-0.4, -0.2) is 16.2 Å². The summed E-state index contributed by atoms with van der Waals surface area (Å²) in [7, 11) is 0. The smallest absolute Gasteiger partial charge is 0.303 e. The average molecular weight is 216 g/mol. The zero-order valence-electron chi connectivity index (χ0n) is 8.00. The van der Waals surface area contributed by atoms with Gasteiger partial charge in [0.05, 0.1) is 6.42 Å². The van der Waals surface area contributed by atoms with Gasteiger partial charge in [0.2, 0.25) is 0 Å². The van der Waals surface area contributed by atoms with Crippen LogP contribution in [0.4, 0.5) is 8.78 Å². The van der Waals surface area contributed by atoms with E-state index in [1.807, 2.05) is 0 Å². The van der Waals surface area contributed by atoms with Gasteiger partial charge in [-0.3, -0.25) is 4.79 Å². The van der Waals surface area contributed by atoms with Gasteiger partial charge in [-0.25, -0.2) is 8.78 Å². The highest BCUT2D eigenvalue weighted by Crippen LogP contribution is 2.28. The highest BCUT2D eigenvalue weighted by molar-refractivity contribution is 5.68. The largest absolute Gasteiger partial charge is 0.508 e. The van der Waals surface area contributed by atoms with Crippen LogP contribution >= 0.6 is 0 Å². The molecule has 0 heterocycles. The first-order valence-corrected chi connectivity index (χ1v) is 4.31. The highest BCUT2D eigenvalue weighted by atomic mass is 19.1. The lowest BCUT2D eigenvalue weighted by Crippen LogP contribution is -2.07. The fraction of sp³-hybridized carbons (Fsp3) is 0.300. The highest BCUT2D eigenvalue weighted by Gasteiger charge is 2.19. The van der Waals surface area contributed by atoms with Crippen molar-refractivity contribution in [2.75, 3.05) is 0 Å². The van der Waals surface area contributed by atoms with Crippen molar-refractivity contribution in [1.29, 1.82) is 0 Å². The van der Waals surface area contributed by atoms with E-state index in [1.165, 1.54) is 6.92 Å². The number of aliphatic carboxylic acids is 1. The van der Waals surface area contributed by atoms with E-state index in [1.54, 1.807) is 0 Å². The average Bonchev–Trinajstić information content (AvgIpc) is 1.99. The van der Waals surface area contributed by atoms with Gasteiger partial charge in [0.1, 0.15) is 17.4 Å². The van der Waals surface area contributed by atoms with E-state index in [0.29, 0.717) is 0 Å². The maximum atomic E-state index is 13.2. The molecule has 1 atom stereocenters. The van der Waals surface area contributed by atoms with E-state index in [4.69, 9.17) is 10.2 Å². The van der Waals surface area contributed by atoms with Gasteiger partial charge in [0, 0.05) is 17.7 Å². The first-order chi connectivity index (χ1) is 6.91. The molecule has 0 aliphatic rings. The van der Waals surface area contributed by atoms with Crippen molar-refractivity contribution < 1.29 is 23.8 Å². The van der Waals surface area contributed by atoms with Crippen molar-refractivity contribution in [3.63, 3.8) is 0 Å². The fourth-order valence-corrected chi connectivity index (χ4v) is 1.41. The minimum absolute atomic E-state index is 0.310. The van der Waals surface area contributed by atoms with Crippen molar-refractivity contribution in [2.45, 2.75) is 19.3 Å². The summed E-state index contributed by atoms with van der Waals surface area (Å²) in [6, 6.07) is 1.52. The maximum Gasteiger partial charge on any atom is 0.303 e. The third-order valence-electron chi connectivity index (χ3n) is 2.04. The second kappa shape index (κ2) is 4.25. The number of benzene rings is 1. The molecule has 2 N–H and O–H groups in total. The summed E-state index contributed by atoms with van der Waals surface area (Å²) < 4.78 is 26.4. The van der Waals surface area contributed by atoms with Crippen LogP contribution in [0.5, 0.6) is 5.75 Å². The Bertz CT molecular complexity index is 367. The maximum absolute atomic E-state index is 13.2. The van der Waals surface area contributed by atoms with Crippen molar-refractivity contribution in [2.24, 2.45) is 0 Å². The Morgan fingerprint density at radius 3 is 2.27 bits per heavy atom. The van der Waals surface area contributed by atoms with Crippen molar-refractivity contribution in [1.82, 2.24) is 0 Å².